The third-order valence-electron chi connectivity index (χ3n) is 3.07. The highest BCUT2D eigenvalue weighted by atomic mass is 16.5. The molecule has 1 atom stereocenters. The molecule has 0 spiro atoms. The molecule has 3 nitrogen and oxygen atoms in total. The highest BCUT2D eigenvalue weighted by Crippen LogP contribution is 2.14. The van der Waals surface area contributed by atoms with Gasteiger partial charge in [-0.05, 0) is 23.3 Å². The molecular weight excluding hydrogens is 262 g/mol. The van der Waals surface area contributed by atoms with Crippen LogP contribution in [0.5, 0.6) is 5.75 Å². The average Bonchev–Trinajstić information content (AvgIpc) is 2.54. The van der Waals surface area contributed by atoms with Crippen molar-refractivity contribution in [2.24, 2.45) is 0 Å². The number of rotatable bonds is 7. The summed E-state index contributed by atoms with van der Waals surface area (Å²) in [6.45, 7) is 1.43. The number of terminal acetylenes is 1. The van der Waals surface area contributed by atoms with E-state index in [1.54, 1.807) is 0 Å². The van der Waals surface area contributed by atoms with Gasteiger partial charge in [-0.3, -0.25) is 0 Å². The van der Waals surface area contributed by atoms with E-state index in [9.17, 15) is 5.11 Å². The minimum absolute atomic E-state index is 0.267. The van der Waals surface area contributed by atoms with E-state index < -0.39 is 6.10 Å². The first-order chi connectivity index (χ1) is 10.3. The van der Waals surface area contributed by atoms with Crippen LogP contribution in [0, 0.1) is 12.3 Å². The second kappa shape index (κ2) is 8.11. The highest BCUT2D eigenvalue weighted by Gasteiger charge is 2.06. The first-order valence-electron chi connectivity index (χ1n) is 6.88. The van der Waals surface area contributed by atoms with Gasteiger partial charge in [0.1, 0.15) is 12.4 Å². The molecule has 21 heavy (non-hydrogen) atoms. The second-order valence-electron chi connectivity index (χ2n) is 4.70. The summed E-state index contributed by atoms with van der Waals surface area (Å²) in [5.41, 5.74) is 2.00. The van der Waals surface area contributed by atoms with E-state index >= 15 is 0 Å². The van der Waals surface area contributed by atoms with Crippen LogP contribution in [0.15, 0.2) is 54.6 Å². The molecule has 2 rings (SSSR count). The van der Waals surface area contributed by atoms with Crippen molar-refractivity contribution in [2.75, 3.05) is 13.2 Å². The van der Waals surface area contributed by atoms with Crippen LogP contribution in [0.2, 0.25) is 0 Å². The van der Waals surface area contributed by atoms with Crippen molar-refractivity contribution in [3.05, 3.63) is 65.7 Å². The molecule has 2 N–H and O–H groups in total. The van der Waals surface area contributed by atoms with Crippen molar-refractivity contribution in [1.29, 1.82) is 0 Å². The van der Waals surface area contributed by atoms with Crippen LogP contribution < -0.4 is 10.1 Å². The van der Waals surface area contributed by atoms with Crippen molar-refractivity contribution in [1.82, 2.24) is 5.32 Å². The molecular formula is C18H19NO2. The van der Waals surface area contributed by atoms with Crippen molar-refractivity contribution < 1.29 is 9.84 Å². The van der Waals surface area contributed by atoms with Crippen LogP contribution in [-0.2, 0) is 6.54 Å². The fourth-order valence-corrected chi connectivity index (χ4v) is 2.02. The quantitative estimate of drug-likeness (QED) is 0.766. The Hall–Kier alpha value is -2.28. The summed E-state index contributed by atoms with van der Waals surface area (Å²) < 4.78 is 5.38. The number of benzene rings is 2. The molecule has 0 aliphatic heterocycles. The predicted molar refractivity (Wildman–Crippen MR) is 83.9 cm³/mol. The molecule has 0 radical (unpaired) electrons. The summed E-state index contributed by atoms with van der Waals surface area (Å²) in [5, 5.41) is 13.3. The lowest BCUT2D eigenvalue weighted by Crippen LogP contribution is -2.21. The van der Waals surface area contributed by atoms with Gasteiger partial charge in [0.25, 0.3) is 0 Å². The molecule has 0 unspecified atom stereocenters. The Labute approximate surface area is 125 Å². The maximum atomic E-state index is 10.1. The topological polar surface area (TPSA) is 41.5 Å². The minimum Gasteiger partial charge on any atom is -0.481 e. The first-order valence-corrected chi connectivity index (χ1v) is 6.88. The van der Waals surface area contributed by atoms with Gasteiger partial charge in [-0.1, -0.05) is 48.4 Å². The lowest BCUT2D eigenvalue weighted by molar-refractivity contribution is 0.174. The molecule has 0 aliphatic rings. The average molecular weight is 281 g/mol. The van der Waals surface area contributed by atoms with Crippen LogP contribution in [0.25, 0.3) is 0 Å². The van der Waals surface area contributed by atoms with Crippen molar-refractivity contribution >= 4 is 0 Å². The molecule has 3 heteroatoms. The fraction of sp³-hybridized carbons (Fsp3) is 0.222. The molecule has 0 bridgehead atoms. The molecule has 0 aliphatic carbocycles. The van der Waals surface area contributed by atoms with E-state index in [4.69, 9.17) is 11.2 Å². The van der Waals surface area contributed by atoms with E-state index in [1.165, 1.54) is 0 Å². The van der Waals surface area contributed by atoms with Gasteiger partial charge in [-0.25, -0.2) is 0 Å². The van der Waals surface area contributed by atoms with Gasteiger partial charge in [0.2, 0.25) is 0 Å². The molecule has 2 aromatic carbocycles. The van der Waals surface area contributed by atoms with Crippen LogP contribution in [0.3, 0.4) is 0 Å². The van der Waals surface area contributed by atoms with Crippen LogP contribution >= 0.6 is 0 Å². The number of nitrogens with one attached hydrogen (secondary N) is 1. The molecule has 0 saturated carbocycles. The molecule has 2 aromatic rings. The van der Waals surface area contributed by atoms with Crippen LogP contribution in [-0.4, -0.2) is 18.3 Å². The zero-order valence-corrected chi connectivity index (χ0v) is 11.8. The molecule has 0 saturated heterocycles. The zero-order chi connectivity index (χ0) is 14.9. The molecule has 0 heterocycles. The van der Waals surface area contributed by atoms with Gasteiger partial charge in [-0.2, -0.15) is 0 Å². The zero-order valence-electron chi connectivity index (χ0n) is 11.8. The normalized spacial score (nSPS) is 11.6. The van der Waals surface area contributed by atoms with Gasteiger partial charge in [0, 0.05) is 13.1 Å². The monoisotopic (exact) mass is 281 g/mol. The maximum absolute atomic E-state index is 10.1. The Bertz CT molecular complexity index is 590. The summed E-state index contributed by atoms with van der Waals surface area (Å²) in [4.78, 5) is 0. The molecule has 0 amide bonds. The van der Waals surface area contributed by atoms with Gasteiger partial charge in [-0.15, -0.1) is 6.42 Å². The van der Waals surface area contributed by atoms with Gasteiger partial charge in [0.05, 0.1) is 6.10 Å². The number of hydrogen-bond donors (Lipinski definition) is 2. The van der Waals surface area contributed by atoms with Crippen LogP contribution in [0.1, 0.15) is 17.2 Å². The van der Waals surface area contributed by atoms with E-state index in [-0.39, 0.29) is 6.61 Å². The van der Waals surface area contributed by atoms with E-state index in [2.05, 4.69) is 11.2 Å². The maximum Gasteiger partial charge on any atom is 0.148 e. The summed E-state index contributed by atoms with van der Waals surface area (Å²) >= 11 is 0. The van der Waals surface area contributed by atoms with Gasteiger partial charge in [0.15, 0.2) is 0 Å². The first kappa shape index (κ1) is 15.1. The Kier molecular flexibility index (Phi) is 5.83. The minimum atomic E-state index is -0.507. The van der Waals surface area contributed by atoms with E-state index in [1.807, 2.05) is 54.6 Å². The Morgan fingerprint density at radius 3 is 2.71 bits per heavy atom. The number of aliphatic hydroxyl groups is 1. The summed E-state index contributed by atoms with van der Waals surface area (Å²) in [6.07, 6.45) is 4.66. The standard InChI is InChI=1S/C18H19NO2/c1-2-11-21-17-10-6-7-15(12-17)13-19-14-18(20)16-8-4-3-5-9-16/h1,3-10,12,18-20H,11,13-14H2/t18-/m1/s1. The van der Waals surface area contributed by atoms with Crippen molar-refractivity contribution in [2.45, 2.75) is 12.6 Å². The Balaban J connectivity index is 1.82. The smallest absolute Gasteiger partial charge is 0.148 e. The number of ether oxygens (including phenoxy) is 1. The molecule has 0 aromatic heterocycles. The van der Waals surface area contributed by atoms with E-state index in [0.29, 0.717) is 13.1 Å². The SMILES string of the molecule is C#CCOc1cccc(CNC[C@@H](O)c2ccccc2)c1. The largest absolute Gasteiger partial charge is 0.481 e. The van der Waals surface area contributed by atoms with E-state index in [0.717, 1.165) is 16.9 Å². The van der Waals surface area contributed by atoms with Crippen molar-refractivity contribution in [3.63, 3.8) is 0 Å². The van der Waals surface area contributed by atoms with Crippen molar-refractivity contribution in [3.8, 4) is 18.1 Å². The third kappa shape index (κ3) is 4.96. The van der Waals surface area contributed by atoms with Gasteiger partial charge < -0.3 is 15.2 Å². The fourth-order valence-electron chi connectivity index (χ4n) is 2.02. The lowest BCUT2D eigenvalue weighted by atomic mass is 10.1. The summed E-state index contributed by atoms with van der Waals surface area (Å²) in [7, 11) is 0. The van der Waals surface area contributed by atoms with Gasteiger partial charge >= 0.3 is 0 Å². The summed E-state index contributed by atoms with van der Waals surface area (Å²) in [5.74, 6) is 3.20. The number of hydrogen-bond acceptors (Lipinski definition) is 3. The van der Waals surface area contributed by atoms with Crippen LogP contribution in [0.4, 0.5) is 0 Å². The molecule has 0 fully saturated rings. The number of aliphatic hydroxyl groups excluding tert-OH is 1. The lowest BCUT2D eigenvalue weighted by Gasteiger charge is -2.12. The second-order valence-corrected chi connectivity index (χ2v) is 4.70. The predicted octanol–water partition coefficient (Wildman–Crippen LogP) is 2.52. The Morgan fingerprint density at radius 1 is 1.14 bits per heavy atom. The highest BCUT2D eigenvalue weighted by molar-refractivity contribution is 5.28. The summed E-state index contributed by atoms with van der Waals surface area (Å²) in [6, 6.07) is 17.4. The third-order valence-corrected chi connectivity index (χ3v) is 3.07. The Morgan fingerprint density at radius 2 is 1.95 bits per heavy atom. The molecule has 108 valence electrons.